The first-order valence-corrected chi connectivity index (χ1v) is 11.8. The first-order chi connectivity index (χ1) is 15.1. The molecule has 0 aliphatic heterocycles. The number of benzene rings is 2. The predicted molar refractivity (Wildman–Crippen MR) is 126 cm³/mol. The molecular weight excluding hydrogens is 430 g/mol. The van der Waals surface area contributed by atoms with Crippen LogP contribution in [0.5, 0.6) is 0 Å². The average molecular weight is 462 g/mol. The van der Waals surface area contributed by atoms with Crippen LogP contribution in [-0.2, 0) is 19.7 Å². The summed E-state index contributed by atoms with van der Waals surface area (Å²) in [6.45, 7) is 5.63. The molecule has 1 N–H and O–H groups in total. The molecule has 2 rings (SSSR count). The highest BCUT2D eigenvalue weighted by Crippen LogP contribution is 2.25. The minimum absolute atomic E-state index is 0.363. The summed E-state index contributed by atoms with van der Waals surface area (Å²) in [5.41, 5.74) is 2.89. The number of rotatable bonds is 10. The van der Waals surface area contributed by atoms with E-state index < -0.39 is 28.6 Å². The molecular formula is C23H31N3O5S. The van der Waals surface area contributed by atoms with Crippen LogP contribution in [0.1, 0.15) is 41.3 Å². The van der Waals surface area contributed by atoms with E-state index in [-0.39, 0.29) is 0 Å². The van der Waals surface area contributed by atoms with Crippen molar-refractivity contribution < 1.29 is 22.7 Å². The quantitative estimate of drug-likeness (QED) is 0.431. The van der Waals surface area contributed by atoms with Crippen LogP contribution in [0.4, 0.5) is 11.4 Å². The van der Waals surface area contributed by atoms with Crippen molar-refractivity contribution in [1.29, 1.82) is 0 Å². The van der Waals surface area contributed by atoms with Gasteiger partial charge in [-0.15, -0.1) is 0 Å². The molecule has 0 saturated carbocycles. The molecule has 8 nitrogen and oxygen atoms in total. The molecule has 2 aromatic rings. The number of anilines is 2. The molecule has 0 bridgehead atoms. The van der Waals surface area contributed by atoms with E-state index in [1.807, 2.05) is 26.0 Å². The first-order valence-electron chi connectivity index (χ1n) is 10.4. The molecule has 0 radical (unpaired) electrons. The Hall–Kier alpha value is -2.91. The summed E-state index contributed by atoms with van der Waals surface area (Å²) in [6, 6.07) is 11.7. The highest BCUT2D eigenvalue weighted by molar-refractivity contribution is 7.90. The maximum Gasteiger partial charge on any atom is 0.338 e. The minimum Gasteiger partial charge on any atom is -0.462 e. The van der Waals surface area contributed by atoms with E-state index in [4.69, 9.17) is 4.74 Å². The van der Waals surface area contributed by atoms with Crippen LogP contribution >= 0.6 is 0 Å². The highest BCUT2D eigenvalue weighted by Gasteiger charge is 2.28. The summed E-state index contributed by atoms with van der Waals surface area (Å²) in [7, 11) is -1.06. The minimum atomic E-state index is -3.90. The van der Waals surface area contributed by atoms with Gasteiger partial charge in [0.05, 0.1) is 17.9 Å². The Kier molecular flexibility index (Phi) is 8.80. The number of nitrogens with one attached hydrogen (secondary N) is 1. The fourth-order valence-electron chi connectivity index (χ4n) is 2.89. The molecule has 0 fully saturated rings. The van der Waals surface area contributed by atoms with Crippen molar-refractivity contribution in [3.8, 4) is 0 Å². The zero-order valence-corrected chi connectivity index (χ0v) is 20.0. The summed E-state index contributed by atoms with van der Waals surface area (Å²) < 4.78 is 33.2. The standard InChI is InChI=1S/C23H31N3O5S/c1-6-7-14-31-23(28)19-10-12-20(13-11-19)24-22(27)16-26(32(29,30)25(4)5)21-15-17(2)8-9-18(21)3/h8-13,15H,6-7,14,16H2,1-5H3,(H,24,27). The second kappa shape index (κ2) is 11.1. The molecule has 0 aliphatic carbocycles. The normalized spacial score (nSPS) is 11.3. The Balaban J connectivity index is 2.17. The molecule has 9 heteroatoms. The van der Waals surface area contributed by atoms with Crippen LogP contribution in [0.25, 0.3) is 0 Å². The van der Waals surface area contributed by atoms with Crippen LogP contribution < -0.4 is 9.62 Å². The third kappa shape index (κ3) is 6.54. The van der Waals surface area contributed by atoms with E-state index in [1.54, 1.807) is 37.3 Å². The van der Waals surface area contributed by atoms with E-state index >= 15 is 0 Å². The van der Waals surface area contributed by atoms with Crippen molar-refractivity contribution in [2.24, 2.45) is 0 Å². The molecule has 0 heterocycles. The number of carbonyl (C=O) groups is 2. The lowest BCUT2D eigenvalue weighted by atomic mass is 10.1. The van der Waals surface area contributed by atoms with E-state index in [2.05, 4.69) is 5.32 Å². The Labute approximate surface area is 190 Å². The SMILES string of the molecule is CCCCOC(=O)c1ccc(NC(=O)CN(c2cc(C)ccc2C)S(=O)(=O)N(C)C)cc1. The fourth-order valence-corrected chi connectivity index (χ4v) is 4.01. The van der Waals surface area contributed by atoms with Crippen molar-refractivity contribution in [3.05, 3.63) is 59.2 Å². The van der Waals surface area contributed by atoms with E-state index in [0.29, 0.717) is 23.5 Å². The number of hydrogen-bond donors (Lipinski definition) is 1. The molecule has 0 aliphatic rings. The van der Waals surface area contributed by atoms with Crippen LogP contribution in [-0.4, -0.2) is 51.8 Å². The molecule has 2 aromatic carbocycles. The first kappa shape index (κ1) is 25.4. The summed E-state index contributed by atoms with van der Waals surface area (Å²) >= 11 is 0. The third-order valence-electron chi connectivity index (χ3n) is 4.80. The lowest BCUT2D eigenvalue weighted by molar-refractivity contribution is -0.114. The Morgan fingerprint density at radius 3 is 2.28 bits per heavy atom. The monoisotopic (exact) mass is 461 g/mol. The van der Waals surface area contributed by atoms with Crippen LogP contribution in [0.3, 0.4) is 0 Å². The van der Waals surface area contributed by atoms with Gasteiger partial charge in [-0.25, -0.2) is 9.10 Å². The Morgan fingerprint density at radius 1 is 1.03 bits per heavy atom. The molecule has 174 valence electrons. The number of unbranched alkanes of at least 4 members (excludes halogenated alkanes) is 1. The van der Waals surface area contributed by atoms with Gasteiger partial charge in [-0.05, 0) is 61.7 Å². The van der Waals surface area contributed by atoms with E-state index in [0.717, 1.165) is 32.6 Å². The number of hydrogen-bond acceptors (Lipinski definition) is 5. The summed E-state index contributed by atoms with van der Waals surface area (Å²) in [4.78, 5) is 24.7. The van der Waals surface area contributed by atoms with Crippen LogP contribution in [0.2, 0.25) is 0 Å². The average Bonchev–Trinajstić information content (AvgIpc) is 2.74. The highest BCUT2D eigenvalue weighted by atomic mass is 32.2. The number of ether oxygens (including phenoxy) is 1. The largest absolute Gasteiger partial charge is 0.462 e. The van der Waals surface area contributed by atoms with Crippen molar-refractivity contribution in [3.63, 3.8) is 0 Å². The van der Waals surface area contributed by atoms with Crippen molar-refractivity contribution in [2.45, 2.75) is 33.6 Å². The van der Waals surface area contributed by atoms with Gasteiger partial charge < -0.3 is 10.1 Å². The summed E-state index contributed by atoms with van der Waals surface area (Å²) in [6.07, 6.45) is 1.73. The van der Waals surface area contributed by atoms with Gasteiger partial charge in [0.1, 0.15) is 6.54 Å². The molecule has 0 spiro atoms. The van der Waals surface area contributed by atoms with Gasteiger partial charge in [0, 0.05) is 19.8 Å². The maximum atomic E-state index is 12.9. The van der Waals surface area contributed by atoms with Gasteiger partial charge in [0.15, 0.2) is 0 Å². The lowest BCUT2D eigenvalue weighted by Crippen LogP contribution is -2.44. The fraction of sp³-hybridized carbons (Fsp3) is 0.391. The van der Waals surface area contributed by atoms with Crippen LogP contribution in [0, 0.1) is 13.8 Å². The molecule has 0 unspecified atom stereocenters. The van der Waals surface area contributed by atoms with Crippen molar-refractivity contribution in [2.75, 3.05) is 36.9 Å². The maximum absolute atomic E-state index is 12.9. The Bertz CT molecular complexity index is 1050. The molecule has 0 atom stereocenters. The van der Waals surface area contributed by atoms with Gasteiger partial charge in [0.25, 0.3) is 0 Å². The van der Waals surface area contributed by atoms with Gasteiger partial charge >= 0.3 is 16.2 Å². The van der Waals surface area contributed by atoms with E-state index in [1.165, 1.54) is 14.1 Å². The number of esters is 1. The smallest absolute Gasteiger partial charge is 0.338 e. The summed E-state index contributed by atoms with van der Waals surface area (Å²) in [5, 5.41) is 2.69. The van der Waals surface area contributed by atoms with Crippen molar-refractivity contribution in [1.82, 2.24) is 4.31 Å². The summed E-state index contributed by atoms with van der Waals surface area (Å²) in [5.74, 6) is -0.927. The zero-order chi connectivity index (χ0) is 23.9. The van der Waals surface area contributed by atoms with E-state index in [9.17, 15) is 18.0 Å². The Morgan fingerprint density at radius 2 is 1.69 bits per heavy atom. The van der Waals surface area contributed by atoms with Gasteiger partial charge in [-0.2, -0.15) is 12.7 Å². The number of nitrogens with zero attached hydrogens (tertiary/aromatic N) is 2. The number of aryl methyl sites for hydroxylation is 2. The molecule has 0 saturated heterocycles. The lowest BCUT2D eigenvalue weighted by Gasteiger charge is -2.28. The van der Waals surface area contributed by atoms with Crippen molar-refractivity contribution >= 4 is 33.5 Å². The predicted octanol–water partition coefficient (Wildman–Crippen LogP) is 3.51. The third-order valence-corrected chi connectivity index (χ3v) is 6.60. The molecule has 32 heavy (non-hydrogen) atoms. The van der Waals surface area contributed by atoms with Gasteiger partial charge in [0.2, 0.25) is 5.91 Å². The number of carbonyl (C=O) groups excluding carboxylic acids is 2. The second-order valence-corrected chi connectivity index (χ2v) is 9.77. The molecule has 0 aromatic heterocycles. The second-order valence-electron chi connectivity index (χ2n) is 7.70. The van der Waals surface area contributed by atoms with Crippen LogP contribution in [0.15, 0.2) is 42.5 Å². The van der Waals surface area contributed by atoms with Gasteiger partial charge in [-0.1, -0.05) is 25.5 Å². The van der Waals surface area contributed by atoms with Gasteiger partial charge in [-0.3, -0.25) is 4.79 Å². The number of amides is 1. The zero-order valence-electron chi connectivity index (χ0n) is 19.2. The molecule has 1 amide bonds. The topological polar surface area (TPSA) is 96.0 Å².